The standard InChI is InChI=1S/C26H31N5O/c32-26(31-18-16-30(17-19-31)25-10-3-4-11-27-25)21-29-14-12-28(13-15-29)20-23-8-5-7-22-6-1-2-9-24(22)23/h1-11H,12-21H2. The van der Waals surface area contributed by atoms with Gasteiger partial charge in [0.1, 0.15) is 5.82 Å². The van der Waals surface area contributed by atoms with Crippen molar-refractivity contribution in [3.05, 3.63) is 72.4 Å². The summed E-state index contributed by atoms with van der Waals surface area (Å²) in [6.07, 6.45) is 1.83. The topological polar surface area (TPSA) is 42.9 Å². The highest BCUT2D eigenvalue weighted by Gasteiger charge is 2.25. The Morgan fingerprint density at radius 1 is 0.750 bits per heavy atom. The van der Waals surface area contributed by atoms with Gasteiger partial charge in [-0.15, -0.1) is 0 Å². The van der Waals surface area contributed by atoms with Crippen LogP contribution in [-0.4, -0.2) is 84.5 Å². The Morgan fingerprint density at radius 3 is 2.25 bits per heavy atom. The van der Waals surface area contributed by atoms with E-state index in [1.165, 1.54) is 16.3 Å². The van der Waals surface area contributed by atoms with E-state index in [-0.39, 0.29) is 5.91 Å². The maximum absolute atomic E-state index is 12.9. The number of rotatable bonds is 5. The van der Waals surface area contributed by atoms with Crippen LogP contribution in [0.1, 0.15) is 5.56 Å². The monoisotopic (exact) mass is 429 g/mol. The first-order valence-corrected chi connectivity index (χ1v) is 11.6. The van der Waals surface area contributed by atoms with E-state index >= 15 is 0 Å². The van der Waals surface area contributed by atoms with Crippen LogP contribution in [0.15, 0.2) is 66.9 Å². The van der Waals surface area contributed by atoms with Gasteiger partial charge in [-0.05, 0) is 28.5 Å². The van der Waals surface area contributed by atoms with Crippen molar-refractivity contribution in [1.29, 1.82) is 0 Å². The predicted octanol–water partition coefficient (Wildman–Crippen LogP) is 2.70. The molecule has 0 saturated carbocycles. The molecule has 1 amide bonds. The molecule has 3 aromatic rings. The number of carbonyl (C=O) groups excluding carboxylic acids is 1. The number of carbonyl (C=O) groups is 1. The van der Waals surface area contributed by atoms with E-state index in [1.807, 2.05) is 29.3 Å². The number of nitrogens with zero attached hydrogens (tertiary/aromatic N) is 5. The highest BCUT2D eigenvalue weighted by molar-refractivity contribution is 5.85. The molecule has 6 nitrogen and oxygen atoms in total. The lowest BCUT2D eigenvalue weighted by atomic mass is 10.0. The fourth-order valence-corrected chi connectivity index (χ4v) is 4.79. The van der Waals surface area contributed by atoms with E-state index < -0.39 is 0 Å². The Balaban J connectivity index is 1.09. The summed E-state index contributed by atoms with van der Waals surface area (Å²) in [5.74, 6) is 1.26. The average molecular weight is 430 g/mol. The van der Waals surface area contributed by atoms with Gasteiger partial charge in [0.15, 0.2) is 0 Å². The summed E-state index contributed by atoms with van der Waals surface area (Å²) in [5.41, 5.74) is 1.39. The molecule has 2 saturated heterocycles. The summed E-state index contributed by atoms with van der Waals surface area (Å²) in [6.45, 7) is 8.66. The van der Waals surface area contributed by atoms with Crippen LogP contribution in [-0.2, 0) is 11.3 Å². The highest BCUT2D eigenvalue weighted by Crippen LogP contribution is 2.20. The Labute approximate surface area is 190 Å². The molecule has 2 aromatic carbocycles. The summed E-state index contributed by atoms with van der Waals surface area (Å²) >= 11 is 0. The first-order valence-electron chi connectivity index (χ1n) is 11.6. The molecule has 0 aliphatic carbocycles. The first-order chi connectivity index (χ1) is 15.8. The maximum atomic E-state index is 12.9. The molecule has 0 unspecified atom stereocenters. The third-order valence-electron chi connectivity index (χ3n) is 6.70. The molecular weight excluding hydrogens is 398 g/mol. The van der Waals surface area contributed by atoms with Crippen LogP contribution in [0, 0.1) is 0 Å². The quantitative estimate of drug-likeness (QED) is 0.624. The summed E-state index contributed by atoms with van der Waals surface area (Å²) in [7, 11) is 0. The second-order valence-corrected chi connectivity index (χ2v) is 8.75. The fraction of sp³-hybridized carbons (Fsp3) is 0.385. The molecule has 3 heterocycles. The Kier molecular flexibility index (Phi) is 6.32. The zero-order valence-corrected chi connectivity index (χ0v) is 18.6. The lowest BCUT2D eigenvalue weighted by Gasteiger charge is -2.38. The molecule has 5 rings (SSSR count). The normalized spacial score (nSPS) is 18.2. The maximum Gasteiger partial charge on any atom is 0.236 e. The molecule has 0 N–H and O–H groups in total. The molecule has 166 valence electrons. The van der Waals surface area contributed by atoms with Gasteiger partial charge < -0.3 is 9.80 Å². The minimum absolute atomic E-state index is 0.258. The zero-order chi connectivity index (χ0) is 21.8. The van der Waals surface area contributed by atoms with Crippen LogP contribution < -0.4 is 4.90 Å². The Bertz CT molecular complexity index is 1040. The average Bonchev–Trinajstić information content (AvgIpc) is 2.86. The second-order valence-electron chi connectivity index (χ2n) is 8.75. The van der Waals surface area contributed by atoms with Gasteiger partial charge in [-0.25, -0.2) is 4.98 Å². The molecule has 32 heavy (non-hydrogen) atoms. The molecule has 0 atom stereocenters. The third-order valence-corrected chi connectivity index (χ3v) is 6.70. The van der Waals surface area contributed by atoms with Crippen molar-refractivity contribution in [2.45, 2.75) is 6.54 Å². The summed E-state index contributed by atoms with van der Waals surface area (Å²) in [4.78, 5) is 26.4. The zero-order valence-electron chi connectivity index (χ0n) is 18.6. The Hall–Kier alpha value is -2.96. The van der Waals surface area contributed by atoms with Gasteiger partial charge in [0, 0.05) is 65.1 Å². The molecule has 2 fully saturated rings. The van der Waals surface area contributed by atoms with Gasteiger partial charge >= 0.3 is 0 Å². The van der Waals surface area contributed by atoms with Crippen LogP contribution in [0.5, 0.6) is 0 Å². The largest absolute Gasteiger partial charge is 0.353 e. The minimum Gasteiger partial charge on any atom is -0.353 e. The molecule has 1 aromatic heterocycles. The number of hydrogen-bond donors (Lipinski definition) is 0. The second kappa shape index (κ2) is 9.67. The van der Waals surface area contributed by atoms with Gasteiger partial charge in [-0.3, -0.25) is 14.6 Å². The smallest absolute Gasteiger partial charge is 0.236 e. The molecule has 0 spiro atoms. The number of hydrogen-bond acceptors (Lipinski definition) is 5. The lowest BCUT2D eigenvalue weighted by Crippen LogP contribution is -2.53. The Morgan fingerprint density at radius 2 is 1.47 bits per heavy atom. The predicted molar refractivity (Wildman–Crippen MR) is 129 cm³/mol. The van der Waals surface area contributed by atoms with E-state index in [0.29, 0.717) is 6.54 Å². The van der Waals surface area contributed by atoms with Crippen LogP contribution in [0.3, 0.4) is 0 Å². The van der Waals surface area contributed by atoms with Crippen molar-refractivity contribution in [1.82, 2.24) is 19.7 Å². The number of benzene rings is 2. The number of piperazine rings is 2. The molecule has 6 heteroatoms. The summed E-state index contributed by atoms with van der Waals surface area (Å²) < 4.78 is 0. The van der Waals surface area contributed by atoms with Gasteiger partial charge in [0.2, 0.25) is 5.91 Å². The van der Waals surface area contributed by atoms with Crippen molar-refractivity contribution in [3.8, 4) is 0 Å². The number of amides is 1. The number of aromatic nitrogens is 1. The van der Waals surface area contributed by atoms with Gasteiger partial charge in [0.05, 0.1) is 6.54 Å². The number of anilines is 1. The first kappa shape index (κ1) is 20.9. The molecule has 2 aliphatic rings. The van der Waals surface area contributed by atoms with Crippen molar-refractivity contribution < 1.29 is 4.79 Å². The van der Waals surface area contributed by atoms with Crippen molar-refractivity contribution in [2.24, 2.45) is 0 Å². The van der Waals surface area contributed by atoms with E-state index in [1.54, 1.807) is 0 Å². The van der Waals surface area contributed by atoms with Crippen molar-refractivity contribution in [3.63, 3.8) is 0 Å². The van der Waals surface area contributed by atoms with E-state index in [2.05, 4.69) is 62.1 Å². The van der Waals surface area contributed by atoms with Gasteiger partial charge in [0.25, 0.3) is 0 Å². The van der Waals surface area contributed by atoms with Crippen LogP contribution >= 0.6 is 0 Å². The number of pyridine rings is 1. The lowest BCUT2D eigenvalue weighted by molar-refractivity contribution is -0.133. The van der Waals surface area contributed by atoms with Gasteiger partial charge in [-0.2, -0.15) is 0 Å². The van der Waals surface area contributed by atoms with Crippen molar-refractivity contribution >= 4 is 22.5 Å². The molecule has 2 aliphatic heterocycles. The highest BCUT2D eigenvalue weighted by atomic mass is 16.2. The molecule has 0 radical (unpaired) electrons. The SMILES string of the molecule is O=C(CN1CCN(Cc2cccc3ccccc23)CC1)N1CCN(c2ccccn2)CC1. The third kappa shape index (κ3) is 4.76. The molecule has 0 bridgehead atoms. The van der Waals surface area contributed by atoms with Crippen LogP contribution in [0.2, 0.25) is 0 Å². The molecular formula is C26H31N5O. The van der Waals surface area contributed by atoms with Gasteiger partial charge in [-0.1, -0.05) is 48.5 Å². The van der Waals surface area contributed by atoms with Crippen molar-refractivity contribution in [2.75, 3.05) is 63.8 Å². The minimum atomic E-state index is 0.258. The van der Waals surface area contributed by atoms with E-state index in [0.717, 1.165) is 64.7 Å². The summed E-state index contributed by atoms with van der Waals surface area (Å²) in [5, 5.41) is 2.65. The van der Waals surface area contributed by atoms with E-state index in [9.17, 15) is 4.79 Å². The van der Waals surface area contributed by atoms with E-state index in [4.69, 9.17) is 0 Å². The number of fused-ring (bicyclic) bond motifs is 1. The fourth-order valence-electron chi connectivity index (χ4n) is 4.79. The van der Waals surface area contributed by atoms with Crippen LogP contribution in [0.25, 0.3) is 10.8 Å². The summed E-state index contributed by atoms with van der Waals surface area (Å²) in [6, 6.07) is 21.2. The van der Waals surface area contributed by atoms with Crippen LogP contribution in [0.4, 0.5) is 5.82 Å².